The van der Waals surface area contributed by atoms with Crippen LogP contribution < -0.4 is 5.32 Å². The first kappa shape index (κ1) is 19.1. The van der Waals surface area contributed by atoms with E-state index in [4.69, 9.17) is 4.74 Å². The van der Waals surface area contributed by atoms with Gasteiger partial charge in [0.15, 0.2) is 0 Å². The van der Waals surface area contributed by atoms with E-state index in [2.05, 4.69) is 5.32 Å². The van der Waals surface area contributed by atoms with Crippen LogP contribution in [0.15, 0.2) is 0 Å². The summed E-state index contributed by atoms with van der Waals surface area (Å²) in [5, 5.41) is 3.25. The summed E-state index contributed by atoms with van der Waals surface area (Å²) in [5.74, 6) is 0.0190. The van der Waals surface area contributed by atoms with Crippen molar-refractivity contribution < 1.29 is 14.3 Å². The monoisotopic (exact) mass is 338 g/mol. The summed E-state index contributed by atoms with van der Waals surface area (Å²) in [6, 6.07) is 0.315. The molecule has 138 valence electrons. The van der Waals surface area contributed by atoms with E-state index < -0.39 is 5.60 Å². The lowest BCUT2D eigenvalue weighted by Gasteiger charge is -2.34. The lowest BCUT2D eigenvalue weighted by molar-refractivity contribution is -0.127. The number of hydrogen-bond acceptors (Lipinski definition) is 3. The Hall–Kier alpha value is -1.26. The van der Waals surface area contributed by atoms with Crippen molar-refractivity contribution in [3.63, 3.8) is 0 Å². The van der Waals surface area contributed by atoms with E-state index in [1.165, 1.54) is 32.1 Å². The van der Waals surface area contributed by atoms with Crippen molar-refractivity contribution in [3.8, 4) is 0 Å². The van der Waals surface area contributed by atoms with E-state index in [0.717, 1.165) is 25.7 Å². The number of piperidine rings is 1. The normalized spacial score (nSPS) is 24.0. The van der Waals surface area contributed by atoms with Gasteiger partial charge in [0, 0.05) is 19.1 Å². The number of amides is 2. The smallest absolute Gasteiger partial charge is 0.410 e. The van der Waals surface area contributed by atoms with Crippen molar-refractivity contribution in [1.29, 1.82) is 0 Å². The SMILES string of the molecule is CC(C)(C)OC(=O)N1CCC[C@@H](C(=O)NC2CCCCCCC2)C1. The minimum atomic E-state index is -0.495. The predicted molar refractivity (Wildman–Crippen MR) is 94.8 cm³/mol. The fourth-order valence-corrected chi connectivity index (χ4v) is 3.60. The van der Waals surface area contributed by atoms with E-state index in [1.54, 1.807) is 4.90 Å². The van der Waals surface area contributed by atoms with Gasteiger partial charge in [-0.1, -0.05) is 32.1 Å². The Kier molecular flexibility index (Phi) is 6.93. The zero-order valence-electron chi connectivity index (χ0n) is 15.6. The minimum Gasteiger partial charge on any atom is -0.444 e. The molecule has 2 rings (SSSR count). The molecular formula is C19H34N2O3. The van der Waals surface area contributed by atoms with E-state index in [-0.39, 0.29) is 17.9 Å². The molecular weight excluding hydrogens is 304 g/mol. The molecule has 0 radical (unpaired) electrons. The standard InChI is InChI=1S/C19H34N2O3/c1-19(2,3)24-18(23)21-13-9-10-15(14-21)17(22)20-16-11-7-5-4-6-8-12-16/h15-16H,4-14H2,1-3H3,(H,20,22)/t15-/m1/s1. The summed E-state index contributed by atoms with van der Waals surface area (Å²) in [7, 11) is 0. The highest BCUT2D eigenvalue weighted by atomic mass is 16.6. The van der Waals surface area contributed by atoms with Gasteiger partial charge in [-0.2, -0.15) is 0 Å². The fraction of sp³-hybridized carbons (Fsp3) is 0.895. The average molecular weight is 338 g/mol. The summed E-state index contributed by atoms with van der Waals surface area (Å²) in [5.41, 5.74) is -0.495. The zero-order valence-corrected chi connectivity index (χ0v) is 15.6. The number of nitrogens with one attached hydrogen (secondary N) is 1. The largest absolute Gasteiger partial charge is 0.444 e. The van der Waals surface area contributed by atoms with Gasteiger partial charge in [-0.05, 0) is 46.5 Å². The van der Waals surface area contributed by atoms with Gasteiger partial charge in [0.05, 0.1) is 5.92 Å². The molecule has 0 spiro atoms. The van der Waals surface area contributed by atoms with Crippen LogP contribution in [0.5, 0.6) is 0 Å². The summed E-state index contributed by atoms with van der Waals surface area (Å²) < 4.78 is 5.44. The molecule has 24 heavy (non-hydrogen) atoms. The Bertz CT molecular complexity index is 423. The molecule has 0 unspecified atom stereocenters. The molecule has 0 aromatic carbocycles. The number of rotatable bonds is 2. The summed E-state index contributed by atoms with van der Waals surface area (Å²) in [4.78, 5) is 26.5. The third-order valence-corrected chi connectivity index (χ3v) is 4.90. The van der Waals surface area contributed by atoms with Gasteiger partial charge >= 0.3 is 6.09 Å². The van der Waals surface area contributed by atoms with E-state index in [0.29, 0.717) is 19.1 Å². The number of carbonyl (C=O) groups excluding carboxylic acids is 2. The highest BCUT2D eigenvalue weighted by molar-refractivity contribution is 5.80. The van der Waals surface area contributed by atoms with E-state index >= 15 is 0 Å². The first-order chi connectivity index (χ1) is 11.3. The molecule has 1 aliphatic heterocycles. The maximum atomic E-state index is 12.6. The van der Waals surface area contributed by atoms with Crippen LogP contribution in [0.4, 0.5) is 4.79 Å². The second kappa shape index (κ2) is 8.72. The Morgan fingerprint density at radius 3 is 2.21 bits per heavy atom. The number of nitrogens with zero attached hydrogens (tertiary/aromatic N) is 1. The summed E-state index contributed by atoms with van der Waals surface area (Å²) in [6.07, 6.45) is 9.91. The fourth-order valence-electron chi connectivity index (χ4n) is 3.60. The Morgan fingerprint density at radius 1 is 0.958 bits per heavy atom. The van der Waals surface area contributed by atoms with Crippen LogP contribution in [0.2, 0.25) is 0 Å². The molecule has 1 saturated heterocycles. The van der Waals surface area contributed by atoms with Gasteiger partial charge in [-0.3, -0.25) is 4.79 Å². The van der Waals surface area contributed by atoms with Crippen LogP contribution in [-0.4, -0.2) is 41.6 Å². The molecule has 5 heteroatoms. The van der Waals surface area contributed by atoms with Crippen LogP contribution in [-0.2, 0) is 9.53 Å². The Morgan fingerprint density at radius 2 is 1.58 bits per heavy atom. The van der Waals surface area contributed by atoms with Crippen LogP contribution in [0.25, 0.3) is 0 Å². The van der Waals surface area contributed by atoms with Crippen molar-refractivity contribution in [2.75, 3.05) is 13.1 Å². The van der Waals surface area contributed by atoms with E-state index in [1.807, 2.05) is 20.8 Å². The van der Waals surface area contributed by atoms with E-state index in [9.17, 15) is 9.59 Å². The van der Waals surface area contributed by atoms with Gasteiger partial charge in [-0.15, -0.1) is 0 Å². The topological polar surface area (TPSA) is 58.6 Å². The van der Waals surface area contributed by atoms with Crippen molar-refractivity contribution in [1.82, 2.24) is 10.2 Å². The molecule has 1 aliphatic carbocycles. The number of ether oxygens (including phenoxy) is 1. The Labute approximate surface area is 146 Å². The molecule has 5 nitrogen and oxygen atoms in total. The van der Waals surface area contributed by atoms with Gasteiger partial charge in [0.1, 0.15) is 5.60 Å². The van der Waals surface area contributed by atoms with Crippen molar-refractivity contribution in [2.24, 2.45) is 5.92 Å². The van der Waals surface area contributed by atoms with Gasteiger partial charge in [-0.25, -0.2) is 4.79 Å². The molecule has 0 aromatic heterocycles. The molecule has 0 aromatic rings. The molecule has 1 N–H and O–H groups in total. The first-order valence-corrected chi connectivity index (χ1v) is 9.63. The summed E-state index contributed by atoms with van der Waals surface area (Å²) >= 11 is 0. The van der Waals surface area contributed by atoms with Crippen LogP contribution in [0, 0.1) is 5.92 Å². The Balaban J connectivity index is 1.84. The first-order valence-electron chi connectivity index (χ1n) is 9.63. The third kappa shape index (κ3) is 6.33. The third-order valence-electron chi connectivity index (χ3n) is 4.90. The second-order valence-electron chi connectivity index (χ2n) is 8.32. The molecule has 2 fully saturated rings. The highest BCUT2D eigenvalue weighted by Gasteiger charge is 2.31. The maximum absolute atomic E-state index is 12.6. The number of likely N-dealkylation sites (tertiary alicyclic amines) is 1. The maximum Gasteiger partial charge on any atom is 0.410 e. The predicted octanol–water partition coefficient (Wildman–Crippen LogP) is 3.86. The molecule has 2 amide bonds. The van der Waals surface area contributed by atoms with Crippen molar-refractivity contribution >= 4 is 12.0 Å². The lowest BCUT2D eigenvalue weighted by Crippen LogP contribution is -2.48. The molecule has 1 atom stereocenters. The zero-order chi connectivity index (χ0) is 17.6. The molecule has 1 saturated carbocycles. The quantitative estimate of drug-likeness (QED) is 0.831. The molecule has 2 aliphatic rings. The van der Waals surface area contributed by atoms with Crippen molar-refractivity contribution in [3.05, 3.63) is 0 Å². The average Bonchev–Trinajstić information content (AvgIpc) is 2.48. The number of hydrogen-bond donors (Lipinski definition) is 1. The van der Waals surface area contributed by atoms with Crippen LogP contribution in [0.3, 0.4) is 0 Å². The van der Waals surface area contributed by atoms with Crippen molar-refractivity contribution in [2.45, 2.75) is 90.2 Å². The molecule has 0 bridgehead atoms. The molecule has 1 heterocycles. The highest BCUT2D eigenvalue weighted by Crippen LogP contribution is 2.21. The van der Waals surface area contributed by atoms with Gasteiger partial charge in [0.25, 0.3) is 0 Å². The van der Waals surface area contributed by atoms with Crippen LogP contribution >= 0.6 is 0 Å². The summed E-state index contributed by atoms with van der Waals surface area (Å²) in [6.45, 7) is 6.77. The van der Waals surface area contributed by atoms with Gasteiger partial charge < -0.3 is 15.0 Å². The minimum absolute atomic E-state index is 0.100. The van der Waals surface area contributed by atoms with Gasteiger partial charge in [0.2, 0.25) is 5.91 Å². The lowest BCUT2D eigenvalue weighted by atomic mass is 9.94. The second-order valence-corrected chi connectivity index (χ2v) is 8.32. The number of carbonyl (C=O) groups is 2. The van der Waals surface area contributed by atoms with Crippen LogP contribution in [0.1, 0.15) is 78.6 Å².